The number of aliphatic hydroxyl groups excluding tert-OH is 1. The van der Waals surface area contributed by atoms with Gasteiger partial charge in [0.15, 0.2) is 11.6 Å². The third kappa shape index (κ3) is 3.83. The first kappa shape index (κ1) is 16.0. The van der Waals surface area contributed by atoms with Crippen LogP contribution in [0.4, 0.5) is 19.3 Å². The molecule has 116 valence electrons. The van der Waals surface area contributed by atoms with Crippen LogP contribution >= 0.6 is 11.6 Å². The lowest BCUT2D eigenvalue weighted by molar-refractivity contribution is 0.0765. The molecule has 2 atom stereocenters. The van der Waals surface area contributed by atoms with Crippen molar-refractivity contribution < 1.29 is 18.7 Å². The lowest BCUT2D eigenvalue weighted by Gasteiger charge is -2.34. The minimum Gasteiger partial charge on any atom is -0.393 e. The van der Waals surface area contributed by atoms with Crippen molar-refractivity contribution in [3.05, 3.63) is 28.8 Å². The second-order valence-corrected chi connectivity index (χ2v) is 5.70. The molecule has 7 heteroatoms. The number of carbonyl (C=O) groups is 1. The molecule has 4 nitrogen and oxygen atoms in total. The largest absolute Gasteiger partial charge is 0.393 e. The zero-order chi connectivity index (χ0) is 15.6. The van der Waals surface area contributed by atoms with Gasteiger partial charge < -0.3 is 15.3 Å². The molecule has 1 aromatic rings. The van der Waals surface area contributed by atoms with E-state index < -0.39 is 29.5 Å². The lowest BCUT2D eigenvalue weighted by Crippen LogP contribution is -2.45. The molecule has 21 heavy (non-hydrogen) atoms. The van der Waals surface area contributed by atoms with Gasteiger partial charge in [-0.05, 0) is 31.9 Å². The fourth-order valence-electron chi connectivity index (χ4n) is 2.44. The topological polar surface area (TPSA) is 52.6 Å². The first-order chi connectivity index (χ1) is 9.88. The van der Waals surface area contributed by atoms with Crippen molar-refractivity contribution in [1.82, 2.24) is 4.90 Å². The number of likely N-dealkylation sites (tertiary alicyclic amines) is 1. The molecule has 0 spiro atoms. The molecular weight excluding hydrogens is 302 g/mol. The highest BCUT2D eigenvalue weighted by Crippen LogP contribution is 2.25. The van der Waals surface area contributed by atoms with E-state index in [1.54, 1.807) is 6.92 Å². The third-order valence-electron chi connectivity index (χ3n) is 3.67. The number of amides is 2. The summed E-state index contributed by atoms with van der Waals surface area (Å²) in [6.45, 7) is 2.52. The minimum atomic E-state index is -0.919. The van der Waals surface area contributed by atoms with Crippen molar-refractivity contribution in [2.75, 3.05) is 18.4 Å². The van der Waals surface area contributed by atoms with Crippen LogP contribution in [0, 0.1) is 17.6 Å². The number of benzene rings is 1. The van der Waals surface area contributed by atoms with Gasteiger partial charge in [0.1, 0.15) is 5.69 Å². The Morgan fingerprint density at radius 2 is 2.10 bits per heavy atom. The van der Waals surface area contributed by atoms with E-state index in [0.29, 0.717) is 13.1 Å². The van der Waals surface area contributed by atoms with E-state index in [1.165, 1.54) is 4.90 Å². The summed E-state index contributed by atoms with van der Waals surface area (Å²) in [5.41, 5.74) is -0.511. The second kappa shape index (κ2) is 6.58. The normalized spacial score (nSPS) is 20.2. The zero-order valence-corrected chi connectivity index (χ0v) is 12.3. The predicted octanol–water partition coefficient (Wildman–Crippen LogP) is 3.24. The van der Waals surface area contributed by atoms with Crippen LogP contribution < -0.4 is 5.32 Å². The van der Waals surface area contributed by atoms with Crippen molar-refractivity contribution in [2.45, 2.75) is 25.9 Å². The van der Waals surface area contributed by atoms with Crippen LogP contribution in [-0.4, -0.2) is 35.2 Å². The highest BCUT2D eigenvalue weighted by molar-refractivity contribution is 6.30. The van der Waals surface area contributed by atoms with Gasteiger partial charge >= 0.3 is 6.03 Å². The number of piperidine rings is 1. The van der Waals surface area contributed by atoms with Crippen LogP contribution in [-0.2, 0) is 0 Å². The van der Waals surface area contributed by atoms with Crippen molar-refractivity contribution in [1.29, 1.82) is 0 Å². The number of hydrogen-bond donors (Lipinski definition) is 2. The van der Waals surface area contributed by atoms with Gasteiger partial charge in [-0.3, -0.25) is 0 Å². The molecule has 1 heterocycles. The molecular formula is C14H17ClF2N2O2. The molecule has 2 rings (SSSR count). The summed E-state index contributed by atoms with van der Waals surface area (Å²) in [5, 5.41) is 11.7. The van der Waals surface area contributed by atoms with Crippen molar-refractivity contribution in [3.63, 3.8) is 0 Å². The van der Waals surface area contributed by atoms with Crippen molar-refractivity contribution in [2.24, 2.45) is 5.92 Å². The summed E-state index contributed by atoms with van der Waals surface area (Å²) in [6.07, 6.45) is 1.05. The molecule has 0 aliphatic carbocycles. The van der Waals surface area contributed by atoms with Gasteiger partial charge in [0, 0.05) is 24.0 Å². The summed E-state index contributed by atoms with van der Waals surface area (Å²) in [7, 11) is 0. The molecule has 0 radical (unpaired) electrons. The van der Waals surface area contributed by atoms with E-state index in [-0.39, 0.29) is 10.9 Å². The van der Waals surface area contributed by atoms with Crippen LogP contribution in [0.15, 0.2) is 12.1 Å². The summed E-state index contributed by atoms with van der Waals surface area (Å²) in [4.78, 5) is 13.5. The Hall–Kier alpha value is -1.40. The first-order valence-electron chi connectivity index (χ1n) is 6.77. The minimum absolute atomic E-state index is 0.0237. The Morgan fingerprint density at radius 1 is 1.48 bits per heavy atom. The maximum Gasteiger partial charge on any atom is 0.322 e. The molecule has 2 N–H and O–H groups in total. The van der Waals surface area contributed by atoms with Crippen LogP contribution in [0.2, 0.25) is 5.02 Å². The highest BCUT2D eigenvalue weighted by atomic mass is 35.5. The number of anilines is 1. The number of rotatable bonds is 2. The highest BCUT2D eigenvalue weighted by Gasteiger charge is 2.27. The van der Waals surface area contributed by atoms with E-state index >= 15 is 0 Å². The molecule has 1 aromatic carbocycles. The van der Waals surface area contributed by atoms with Gasteiger partial charge in [-0.15, -0.1) is 0 Å². The molecule has 2 amide bonds. The van der Waals surface area contributed by atoms with Crippen LogP contribution in [0.1, 0.15) is 19.8 Å². The van der Waals surface area contributed by atoms with E-state index in [9.17, 15) is 18.7 Å². The molecule has 0 saturated carbocycles. The fraction of sp³-hybridized carbons (Fsp3) is 0.500. The average Bonchev–Trinajstić information content (AvgIpc) is 2.42. The molecule has 1 fully saturated rings. The van der Waals surface area contributed by atoms with Gasteiger partial charge in [-0.2, -0.15) is 0 Å². The number of hydrogen-bond acceptors (Lipinski definition) is 2. The first-order valence-corrected chi connectivity index (χ1v) is 7.15. The van der Waals surface area contributed by atoms with Crippen LogP contribution in [0.3, 0.4) is 0 Å². The maximum absolute atomic E-state index is 13.6. The fourth-order valence-corrected chi connectivity index (χ4v) is 2.63. The number of urea groups is 1. The molecule has 0 aromatic heterocycles. The SMILES string of the molecule is CC(O)C1CCCN(C(=O)Nc2c(F)cc(Cl)cc2F)C1. The van der Waals surface area contributed by atoms with Gasteiger partial charge in [-0.25, -0.2) is 13.6 Å². The molecule has 2 unspecified atom stereocenters. The summed E-state index contributed by atoms with van der Waals surface area (Å²) >= 11 is 5.53. The average molecular weight is 319 g/mol. The predicted molar refractivity (Wildman–Crippen MR) is 76.4 cm³/mol. The zero-order valence-electron chi connectivity index (χ0n) is 11.6. The van der Waals surface area contributed by atoms with Crippen LogP contribution in [0.25, 0.3) is 0 Å². The summed E-state index contributed by atoms with van der Waals surface area (Å²) < 4.78 is 27.3. The molecule has 1 aliphatic rings. The van der Waals surface area contributed by atoms with Crippen LogP contribution in [0.5, 0.6) is 0 Å². The van der Waals surface area contributed by atoms with E-state index in [0.717, 1.165) is 25.0 Å². The van der Waals surface area contributed by atoms with Gasteiger partial charge in [-0.1, -0.05) is 11.6 Å². The quantitative estimate of drug-likeness (QED) is 0.879. The number of aliphatic hydroxyl groups is 1. The smallest absolute Gasteiger partial charge is 0.322 e. The van der Waals surface area contributed by atoms with Crippen molar-refractivity contribution in [3.8, 4) is 0 Å². The second-order valence-electron chi connectivity index (χ2n) is 5.26. The number of carbonyl (C=O) groups excluding carboxylic acids is 1. The third-order valence-corrected chi connectivity index (χ3v) is 3.88. The van der Waals surface area contributed by atoms with Crippen molar-refractivity contribution >= 4 is 23.3 Å². The Bertz CT molecular complexity index is 517. The Labute approximate surface area is 126 Å². The summed E-state index contributed by atoms with van der Waals surface area (Å²) in [6, 6.07) is 1.30. The molecule has 1 aliphatic heterocycles. The van der Waals surface area contributed by atoms with E-state index in [1.807, 2.05) is 0 Å². The maximum atomic E-state index is 13.6. The van der Waals surface area contributed by atoms with E-state index in [2.05, 4.69) is 5.32 Å². The van der Waals surface area contributed by atoms with Gasteiger partial charge in [0.25, 0.3) is 0 Å². The lowest BCUT2D eigenvalue weighted by atomic mass is 9.94. The standard InChI is InChI=1S/C14H17ClF2N2O2/c1-8(20)9-3-2-4-19(7-9)14(21)18-13-11(16)5-10(15)6-12(13)17/h5-6,8-9,20H,2-4,7H2,1H3,(H,18,21). The number of halogens is 3. The number of nitrogens with one attached hydrogen (secondary N) is 1. The summed E-state index contributed by atoms with van der Waals surface area (Å²) in [5.74, 6) is -1.86. The van der Waals surface area contributed by atoms with E-state index in [4.69, 9.17) is 11.6 Å². The molecule has 1 saturated heterocycles. The van der Waals surface area contributed by atoms with Gasteiger partial charge in [0.05, 0.1) is 6.10 Å². The Balaban J connectivity index is 2.08. The molecule has 0 bridgehead atoms. The monoisotopic (exact) mass is 318 g/mol. The Kier molecular flexibility index (Phi) is 5.00. The van der Waals surface area contributed by atoms with Gasteiger partial charge in [0.2, 0.25) is 0 Å². The Morgan fingerprint density at radius 3 is 2.67 bits per heavy atom. The number of nitrogens with zero attached hydrogens (tertiary/aromatic N) is 1.